The lowest BCUT2D eigenvalue weighted by Gasteiger charge is -2.67. The summed E-state index contributed by atoms with van der Waals surface area (Å²) < 4.78 is 0. The van der Waals surface area contributed by atoms with Gasteiger partial charge in [-0.15, -0.1) is 0 Å². The van der Waals surface area contributed by atoms with Crippen LogP contribution in [0, 0.1) is 0 Å². The van der Waals surface area contributed by atoms with Crippen LogP contribution in [0.1, 0.15) is 47.3 Å². The molecule has 0 radical (unpaired) electrons. The van der Waals surface area contributed by atoms with Gasteiger partial charge in [-0.25, -0.2) is 9.98 Å². The molecule has 0 aliphatic carbocycles. The maximum absolute atomic E-state index is 5.01. The van der Waals surface area contributed by atoms with E-state index in [0.29, 0.717) is 6.04 Å². The molecule has 0 bridgehead atoms. The second-order valence-electron chi connectivity index (χ2n) is 9.61. The van der Waals surface area contributed by atoms with E-state index in [0.717, 1.165) is 34.8 Å². The monoisotopic (exact) mass is 454 g/mol. The van der Waals surface area contributed by atoms with E-state index in [1.165, 1.54) is 16.8 Å². The summed E-state index contributed by atoms with van der Waals surface area (Å²) in [5.74, 6) is 1.70. The average molecular weight is 455 g/mol. The highest BCUT2D eigenvalue weighted by Crippen LogP contribution is 2.62. The van der Waals surface area contributed by atoms with Crippen molar-refractivity contribution >= 4 is 17.4 Å². The summed E-state index contributed by atoms with van der Waals surface area (Å²) >= 11 is 0. The topological polar surface area (TPSA) is 40.0 Å². The molecule has 0 aromatic heterocycles. The van der Waals surface area contributed by atoms with E-state index >= 15 is 0 Å². The number of anilines is 1. The lowest BCUT2D eigenvalue weighted by Crippen LogP contribution is -2.70. The van der Waals surface area contributed by atoms with Crippen LogP contribution in [0.25, 0.3) is 0 Å². The van der Waals surface area contributed by atoms with Crippen molar-refractivity contribution in [1.82, 2.24) is 5.32 Å². The fourth-order valence-corrected chi connectivity index (χ4v) is 5.97. The summed E-state index contributed by atoms with van der Waals surface area (Å²) in [6.45, 7) is 2.32. The molecule has 0 amide bonds. The summed E-state index contributed by atoms with van der Waals surface area (Å²) in [4.78, 5) is 12.5. The summed E-state index contributed by atoms with van der Waals surface area (Å²) in [6, 6.07) is 38.9. The molecule has 7 rings (SSSR count). The summed E-state index contributed by atoms with van der Waals surface area (Å²) in [5.41, 5.74) is 7.42. The van der Waals surface area contributed by atoms with Crippen molar-refractivity contribution in [3.8, 4) is 0 Å². The number of benzene rings is 4. The molecule has 1 fully saturated rings. The van der Waals surface area contributed by atoms with Gasteiger partial charge in [-0.2, -0.15) is 0 Å². The van der Waals surface area contributed by atoms with Crippen LogP contribution in [0.15, 0.2) is 119 Å². The van der Waals surface area contributed by atoms with Crippen molar-refractivity contribution in [2.45, 2.75) is 31.1 Å². The zero-order chi connectivity index (χ0) is 23.4. The third-order valence-corrected chi connectivity index (χ3v) is 7.57. The Balaban J connectivity index is 1.24. The molecule has 3 unspecified atom stereocenters. The highest BCUT2D eigenvalue weighted by atomic mass is 15.3. The largest absolute Gasteiger partial charge is 0.354 e. The first-order valence-corrected chi connectivity index (χ1v) is 12.3. The fourth-order valence-electron chi connectivity index (χ4n) is 5.97. The first-order valence-electron chi connectivity index (χ1n) is 12.3. The fraction of sp³-hybridized carbons (Fsp3) is 0.161. The number of amidine groups is 2. The lowest BCUT2D eigenvalue weighted by molar-refractivity contribution is 0.230. The highest BCUT2D eigenvalue weighted by molar-refractivity contribution is 6.15. The Labute approximate surface area is 205 Å². The van der Waals surface area contributed by atoms with Crippen molar-refractivity contribution in [2.75, 3.05) is 4.90 Å². The van der Waals surface area contributed by atoms with Gasteiger partial charge in [0.05, 0.1) is 5.54 Å². The van der Waals surface area contributed by atoms with Crippen molar-refractivity contribution in [3.63, 3.8) is 0 Å². The minimum atomic E-state index is -0.276. The van der Waals surface area contributed by atoms with Crippen molar-refractivity contribution < 1.29 is 0 Å². The van der Waals surface area contributed by atoms with Crippen molar-refractivity contribution in [2.24, 2.45) is 9.98 Å². The number of fused-ring (bicyclic) bond motifs is 4. The molecule has 3 atom stereocenters. The average Bonchev–Trinajstić information content (AvgIpc) is 2.92. The van der Waals surface area contributed by atoms with Gasteiger partial charge in [-0.3, -0.25) is 0 Å². The maximum atomic E-state index is 5.01. The standard InChI is InChI=1S/C31H26N4/c1-21-20-31(26-14-8-9-15-27(26)35(21)31)25-18-16-24(17-19-25)30-33-28(22-10-4-2-5-11-22)32-29(34-30)23-12-6-3-7-13-23/h2-19,21,28H,20H2,1H3,(H,32,33,34). The molecule has 0 spiro atoms. The zero-order valence-corrected chi connectivity index (χ0v) is 19.6. The van der Waals surface area contributed by atoms with E-state index in [1.54, 1.807) is 0 Å². The van der Waals surface area contributed by atoms with Gasteiger partial charge in [-0.1, -0.05) is 103 Å². The lowest BCUT2D eigenvalue weighted by atomic mass is 9.62. The molecular formula is C31H26N4. The third-order valence-electron chi connectivity index (χ3n) is 7.57. The molecule has 170 valence electrons. The number of aliphatic imine (C=N–C) groups is 2. The second kappa shape index (κ2) is 7.67. The van der Waals surface area contributed by atoms with E-state index in [9.17, 15) is 0 Å². The van der Waals surface area contributed by atoms with Crippen LogP contribution in [0.4, 0.5) is 5.69 Å². The van der Waals surface area contributed by atoms with Gasteiger partial charge < -0.3 is 10.2 Å². The molecule has 1 saturated heterocycles. The van der Waals surface area contributed by atoms with E-state index in [-0.39, 0.29) is 11.7 Å². The molecular weight excluding hydrogens is 428 g/mol. The summed E-state index contributed by atoms with van der Waals surface area (Å²) in [7, 11) is 0. The number of para-hydroxylation sites is 1. The molecule has 4 aromatic rings. The van der Waals surface area contributed by atoms with Crippen LogP contribution in [0.3, 0.4) is 0 Å². The SMILES string of the molecule is CC1CC2(c3ccc(C4=NC(c5ccccc5)N=C(c5ccccc5)N4)cc3)c3ccccc3N12. The van der Waals surface area contributed by atoms with Crippen LogP contribution in [-0.2, 0) is 5.54 Å². The normalized spacial score (nSPS) is 24.1. The molecule has 35 heavy (non-hydrogen) atoms. The molecule has 0 saturated carbocycles. The Morgan fingerprint density at radius 3 is 2.00 bits per heavy atom. The Morgan fingerprint density at radius 2 is 1.31 bits per heavy atom. The van der Waals surface area contributed by atoms with Crippen LogP contribution in [0.5, 0.6) is 0 Å². The molecule has 3 aliphatic rings. The van der Waals surface area contributed by atoms with Gasteiger partial charge in [0, 0.05) is 28.4 Å². The third kappa shape index (κ3) is 2.99. The first-order chi connectivity index (χ1) is 17.2. The van der Waals surface area contributed by atoms with E-state index in [1.807, 2.05) is 36.4 Å². The quantitative estimate of drug-likeness (QED) is 0.409. The molecule has 3 aliphatic heterocycles. The highest BCUT2D eigenvalue weighted by Gasteiger charge is 2.60. The van der Waals surface area contributed by atoms with Crippen LogP contribution >= 0.6 is 0 Å². The second-order valence-corrected chi connectivity index (χ2v) is 9.61. The van der Waals surface area contributed by atoms with Gasteiger partial charge in [0.2, 0.25) is 0 Å². The van der Waals surface area contributed by atoms with Gasteiger partial charge >= 0.3 is 0 Å². The Bertz CT molecular complexity index is 1460. The van der Waals surface area contributed by atoms with Gasteiger partial charge in [0.1, 0.15) is 11.7 Å². The number of nitrogens with zero attached hydrogens (tertiary/aromatic N) is 3. The molecule has 4 heteroatoms. The molecule has 1 N–H and O–H groups in total. The van der Waals surface area contributed by atoms with Crippen LogP contribution < -0.4 is 10.2 Å². The predicted molar refractivity (Wildman–Crippen MR) is 142 cm³/mol. The van der Waals surface area contributed by atoms with Crippen LogP contribution in [0.2, 0.25) is 0 Å². The predicted octanol–water partition coefficient (Wildman–Crippen LogP) is 6.04. The zero-order valence-electron chi connectivity index (χ0n) is 19.6. The molecule has 4 aromatic carbocycles. The van der Waals surface area contributed by atoms with Crippen molar-refractivity contribution in [3.05, 3.63) is 137 Å². The minimum absolute atomic E-state index is 0.0274. The van der Waals surface area contributed by atoms with E-state index in [2.05, 4.69) is 89.9 Å². The van der Waals surface area contributed by atoms with E-state index in [4.69, 9.17) is 9.98 Å². The van der Waals surface area contributed by atoms with E-state index < -0.39 is 0 Å². The summed E-state index contributed by atoms with van der Waals surface area (Å²) in [6.07, 6.45) is 0.881. The minimum Gasteiger partial charge on any atom is -0.354 e. The Morgan fingerprint density at radius 1 is 0.714 bits per heavy atom. The number of nitrogens with one attached hydrogen (secondary N) is 1. The Hall–Kier alpha value is -4.18. The first kappa shape index (κ1) is 20.2. The van der Waals surface area contributed by atoms with Crippen LogP contribution in [-0.4, -0.2) is 17.7 Å². The van der Waals surface area contributed by atoms with Crippen molar-refractivity contribution in [1.29, 1.82) is 0 Å². The van der Waals surface area contributed by atoms with Gasteiger partial charge in [0.15, 0.2) is 6.17 Å². The summed E-state index contributed by atoms with van der Waals surface area (Å²) in [5, 5.41) is 3.51. The molecule has 4 nitrogen and oxygen atoms in total. The van der Waals surface area contributed by atoms with Gasteiger partial charge in [0.25, 0.3) is 0 Å². The number of rotatable bonds is 4. The number of hydrogen-bond donors (Lipinski definition) is 1. The Kier molecular flexibility index (Phi) is 4.43. The maximum Gasteiger partial charge on any atom is 0.169 e. The van der Waals surface area contributed by atoms with Gasteiger partial charge in [-0.05, 0) is 30.5 Å². The number of hydrogen-bond acceptors (Lipinski definition) is 4. The smallest absolute Gasteiger partial charge is 0.169 e. The molecule has 3 heterocycles.